The van der Waals surface area contributed by atoms with Gasteiger partial charge in [-0.3, -0.25) is 9.69 Å². The number of urea groups is 1. The summed E-state index contributed by atoms with van der Waals surface area (Å²) in [5.41, 5.74) is 1.93. The van der Waals surface area contributed by atoms with E-state index in [1.54, 1.807) is 0 Å². The molecule has 1 heterocycles. The van der Waals surface area contributed by atoms with Gasteiger partial charge in [-0.2, -0.15) is 0 Å². The van der Waals surface area contributed by atoms with Gasteiger partial charge < -0.3 is 20.6 Å². The molecular formula is C21H32N4O3. The van der Waals surface area contributed by atoms with Crippen LogP contribution in [0.25, 0.3) is 0 Å². The maximum absolute atomic E-state index is 12.5. The average Bonchev–Trinajstić information content (AvgIpc) is 2.92. The minimum absolute atomic E-state index is 0.0588. The van der Waals surface area contributed by atoms with Gasteiger partial charge in [0.25, 0.3) is 0 Å². The molecule has 7 nitrogen and oxygen atoms in total. The molecule has 1 saturated heterocycles. The number of nitrogens with zero attached hydrogens (tertiary/aromatic N) is 2. The highest BCUT2D eigenvalue weighted by Gasteiger charge is 2.34. The third-order valence-electron chi connectivity index (χ3n) is 5.81. The molecule has 0 aromatic heterocycles. The molecule has 3 rings (SSSR count). The van der Waals surface area contributed by atoms with E-state index in [2.05, 4.69) is 21.6 Å². The number of nitrogens with one attached hydrogen (secondary N) is 2. The van der Waals surface area contributed by atoms with Crippen molar-refractivity contribution in [1.82, 2.24) is 10.2 Å². The molecule has 28 heavy (non-hydrogen) atoms. The maximum atomic E-state index is 12.5. The molecule has 1 aromatic carbocycles. The highest BCUT2D eigenvalue weighted by molar-refractivity contribution is 5.93. The third kappa shape index (κ3) is 5.38. The molecular weight excluding hydrogens is 356 g/mol. The van der Waals surface area contributed by atoms with Crippen LogP contribution in [0.15, 0.2) is 24.3 Å². The molecule has 2 aliphatic rings. The zero-order valence-electron chi connectivity index (χ0n) is 16.7. The van der Waals surface area contributed by atoms with Crippen LogP contribution < -0.4 is 15.5 Å². The van der Waals surface area contributed by atoms with E-state index >= 15 is 0 Å². The van der Waals surface area contributed by atoms with Crippen molar-refractivity contribution in [3.63, 3.8) is 0 Å². The summed E-state index contributed by atoms with van der Waals surface area (Å²) in [6.45, 7) is 4.79. The fourth-order valence-electron chi connectivity index (χ4n) is 4.19. The quantitative estimate of drug-likeness (QED) is 0.668. The Balaban J connectivity index is 1.51. The van der Waals surface area contributed by atoms with E-state index in [-0.39, 0.29) is 24.7 Å². The number of carboxylic acid groups (broad SMARTS) is 1. The van der Waals surface area contributed by atoms with Crippen LogP contribution in [0.4, 0.5) is 16.2 Å². The van der Waals surface area contributed by atoms with Gasteiger partial charge in [-0.1, -0.05) is 31.9 Å². The highest BCUT2D eigenvalue weighted by Crippen LogP contribution is 2.29. The lowest BCUT2D eigenvalue weighted by Gasteiger charge is -2.42. The first-order valence-corrected chi connectivity index (χ1v) is 10.4. The maximum Gasteiger partial charge on any atom is 0.319 e. The molecule has 0 radical (unpaired) electrons. The van der Waals surface area contributed by atoms with Crippen molar-refractivity contribution in [2.45, 2.75) is 57.5 Å². The Kier molecular flexibility index (Phi) is 7.14. The Hall–Kier alpha value is -2.28. The molecule has 154 valence electrons. The van der Waals surface area contributed by atoms with Gasteiger partial charge in [-0.15, -0.1) is 0 Å². The Morgan fingerprint density at radius 3 is 2.46 bits per heavy atom. The molecule has 1 aromatic rings. The first-order chi connectivity index (χ1) is 13.6. The normalized spacial score (nSPS) is 22.3. The van der Waals surface area contributed by atoms with E-state index in [1.807, 2.05) is 30.0 Å². The van der Waals surface area contributed by atoms with E-state index in [0.717, 1.165) is 37.3 Å². The second kappa shape index (κ2) is 9.78. The van der Waals surface area contributed by atoms with Crippen LogP contribution in [0.2, 0.25) is 0 Å². The number of aliphatic carboxylic acids is 1. The number of carboxylic acids is 1. The van der Waals surface area contributed by atoms with Crippen molar-refractivity contribution in [3.05, 3.63) is 24.3 Å². The van der Waals surface area contributed by atoms with E-state index in [9.17, 15) is 9.59 Å². The summed E-state index contributed by atoms with van der Waals surface area (Å²) in [6, 6.07) is 8.13. The molecule has 1 aliphatic heterocycles. The largest absolute Gasteiger partial charge is 0.480 e. The number of para-hydroxylation sites is 2. The van der Waals surface area contributed by atoms with Crippen molar-refractivity contribution >= 4 is 23.4 Å². The van der Waals surface area contributed by atoms with Crippen LogP contribution in [-0.4, -0.2) is 60.3 Å². The Bertz CT molecular complexity index is 667. The topological polar surface area (TPSA) is 84.9 Å². The summed E-state index contributed by atoms with van der Waals surface area (Å²) < 4.78 is 0. The van der Waals surface area contributed by atoms with E-state index < -0.39 is 5.97 Å². The summed E-state index contributed by atoms with van der Waals surface area (Å²) >= 11 is 0. The molecule has 1 aliphatic carbocycles. The van der Waals surface area contributed by atoms with Crippen LogP contribution in [0.5, 0.6) is 0 Å². The smallest absolute Gasteiger partial charge is 0.319 e. The number of anilines is 2. The first-order valence-electron chi connectivity index (χ1n) is 10.4. The lowest BCUT2D eigenvalue weighted by molar-refractivity contribution is -0.139. The molecule has 0 atom stereocenters. The summed E-state index contributed by atoms with van der Waals surface area (Å²) in [6.07, 6.45) is 6.51. The third-order valence-corrected chi connectivity index (χ3v) is 5.81. The van der Waals surface area contributed by atoms with Gasteiger partial charge in [0.15, 0.2) is 0 Å². The van der Waals surface area contributed by atoms with Crippen LogP contribution in [0.1, 0.15) is 45.4 Å². The molecule has 0 spiro atoms. The minimum Gasteiger partial charge on any atom is -0.480 e. The highest BCUT2D eigenvalue weighted by atomic mass is 16.4. The van der Waals surface area contributed by atoms with Gasteiger partial charge in [0.05, 0.1) is 17.9 Å². The summed E-state index contributed by atoms with van der Waals surface area (Å²) in [5.74, 6) is -0.805. The van der Waals surface area contributed by atoms with Crippen LogP contribution in [0, 0.1) is 0 Å². The lowest BCUT2D eigenvalue weighted by Crippen LogP contribution is -2.55. The van der Waals surface area contributed by atoms with Gasteiger partial charge in [0.1, 0.15) is 0 Å². The Morgan fingerprint density at radius 1 is 1.14 bits per heavy atom. The molecule has 0 unspecified atom stereocenters. The van der Waals surface area contributed by atoms with Crippen LogP contribution in [0.3, 0.4) is 0 Å². The summed E-state index contributed by atoms with van der Waals surface area (Å²) in [7, 11) is 0. The van der Waals surface area contributed by atoms with Crippen molar-refractivity contribution in [2.75, 3.05) is 36.4 Å². The number of rotatable bonds is 7. The zero-order valence-corrected chi connectivity index (χ0v) is 16.7. The van der Waals surface area contributed by atoms with Crippen molar-refractivity contribution < 1.29 is 14.7 Å². The van der Waals surface area contributed by atoms with E-state index in [4.69, 9.17) is 5.11 Å². The van der Waals surface area contributed by atoms with Gasteiger partial charge in [-0.05, 0) is 44.4 Å². The predicted octanol–water partition coefficient (Wildman–Crippen LogP) is 3.13. The fourth-order valence-corrected chi connectivity index (χ4v) is 4.19. The molecule has 0 bridgehead atoms. The van der Waals surface area contributed by atoms with Crippen molar-refractivity contribution in [2.24, 2.45) is 0 Å². The van der Waals surface area contributed by atoms with Gasteiger partial charge in [0, 0.05) is 25.2 Å². The number of benzene rings is 1. The first kappa shape index (κ1) is 20.5. The standard InChI is InChI=1S/C21H32N4O3/c1-2-24(15-20(26)27)17-13-16(14-17)22-21(28)23-18-9-5-6-10-19(18)25-11-7-3-4-8-12-25/h5-6,9-10,16-17H,2-4,7-8,11-15H2,1H3,(H,26,27)(H2,22,23,28). The van der Waals surface area contributed by atoms with Crippen molar-refractivity contribution in [3.8, 4) is 0 Å². The average molecular weight is 389 g/mol. The number of hydrogen-bond donors (Lipinski definition) is 3. The van der Waals surface area contributed by atoms with E-state index in [0.29, 0.717) is 6.54 Å². The lowest BCUT2D eigenvalue weighted by atomic mass is 9.85. The SMILES string of the molecule is CCN(CC(=O)O)C1CC(NC(=O)Nc2ccccc2N2CCCCCC2)C1. The van der Waals surface area contributed by atoms with E-state index in [1.165, 1.54) is 25.7 Å². The van der Waals surface area contributed by atoms with Crippen molar-refractivity contribution in [1.29, 1.82) is 0 Å². The van der Waals surface area contributed by atoms with Crippen LogP contribution >= 0.6 is 0 Å². The second-order valence-electron chi connectivity index (χ2n) is 7.80. The second-order valence-corrected chi connectivity index (χ2v) is 7.80. The monoisotopic (exact) mass is 388 g/mol. The summed E-state index contributed by atoms with van der Waals surface area (Å²) in [4.78, 5) is 27.7. The number of carbonyl (C=O) groups excluding carboxylic acids is 1. The zero-order chi connectivity index (χ0) is 19.9. The predicted molar refractivity (Wildman–Crippen MR) is 111 cm³/mol. The number of amides is 2. The minimum atomic E-state index is -0.805. The molecule has 7 heteroatoms. The summed E-state index contributed by atoms with van der Waals surface area (Å²) in [5, 5.41) is 15.0. The number of carbonyl (C=O) groups is 2. The van der Waals surface area contributed by atoms with Gasteiger partial charge in [0.2, 0.25) is 0 Å². The van der Waals surface area contributed by atoms with Gasteiger partial charge in [-0.25, -0.2) is 4.79 Å². The molecule has 2 amide bonds. The Morgan fingerprint density at radius 2 is 1.82 bits per heavy atom. The number of likely N-dealkylation sites (N-methyl/N-ethyl adjacent to an activating group) is 1. The molecule has 3 N–H and O–H groups in total. The van der Waals surface area contributed by atoms with Gasteiger partial charge >= 0.3 is 12.0 Å². The Labute approximate surface area is 167 Å². The fraction of sp³-hybridized carbons (Fsp3) is 0.619. The number of hydrogen-bond acceptors (Lipinski definition) is 4. The van der Waals surface area contributed by atoms with Crippen LogP contribution in [-0.2, 0) is 4.79 Å². The molecule has 2 fully saturated rings. The molecule has 1 saturated carbocycles.